The van der Waals surface area contributed by atoms with Crippen LogP contribution in [0.3, 0.4) is 0 Å². The first-order valence-electron chi connectivity index (χ1n) is 6.71. The van der Waals surface area contributed by atoms with E-state index in [0.29, 0.717) is 6.61 Å². The van der Waals surface area contributed by atoms with E-state index in [2.05, 4.69) is 0 Å². The van der Waals surface area contributed by atoms with E-state index in [9.17, 15) is 4.79 Å². The van der Waals surface area contributed by atoms with Crippen LogP contribution in [-0.4, -0.2) is 19.0 Å². The molecular formula is C17H16O3. The van der Waals surface area contributed by atoms with Gasteiger partial charge in [0, 0.05) is 0 Å². The molecule has 3 atom stereocenters. The average molecular weight is 268 g/mol. The standard InChI is InChI=1S/C17H16O3/c18-11-15-12-19-16(13-7-3-1-4-8-13)17(20-15)14-9-5-2-6-10-14/h1-11,15-17H,12H2/t15-,16+,17+/m0/s1. The number of hydrogen-bond donors (Lipinski definition) is 0. The molecule has 1 heterocycles. The fourth-order valence-corrected chi connectivity index (χ4v) is 2.47. The summed E-state index contributed by atoms with van der Waals surface area (Å²) in [5.41, 5.74) is 2.08. The van der Waals surface area contributed by atoms with Crippen molar-refractivity contribution in [3.05, 3.63) is 71.8 Å². The van der Waals surface area contributed by atoms with Crippen LogP contribution in [0.15, 0.2) is 60.7 Å². The lowest BCUT2D eigenvalue weighted by Crippen LogP contribution is -2.34. The van der Waals surface area contributed by atoms with Crippen LogP contribution in [0.4, 0.5) is 0 Å². The van der Waals surface area contributed by atoms with Gasteiger partial charge in [-0.25, -0.2) is 0 Å². The van der Waals surface area contributed by atoms with Crippen LogP contribution in [0.2, 0.25) is 0 Å². The van der Waals surface area contributed by atoms with Crippen molar-refractivity contribution in [2.24, 2.45) is 0 Å². The summed E-state index contributed by atoms with van der Waals surface area (Å²) in [5.74, 6) is 0. The average Bonchev–Trinajstić information content (AvgIpc) is 2.56. The van der Waals surface area contributed by atoms with Gasteiger partial charge in [-0.2, -0.15) is 0 Å². The molecule has 20 heavy (non-hydrogen) atoms. The van der Waals surface area contributed by atoms with Gasteiger partial charge < -0.3 is 14.3 Å². The maximum atomic E-state index is 11.0. The Kier molecular flexibility index (Phi) is 3.90. The summed E-state index contributed by atoms with van der Waals surface area (Å²) in [5, 5.41) is 0. The topological polar surface area (TPSA) is 35.5 Å². The second-order valence-corrected chi connectivity index (χ2v) is 4.81. The summed E-state index contributed by atoms with van der Waals surface area (Å²) in [6.07, 6.45) is -0.144. The Morgan fingerprint density at radius 2 is 1.40 bits per heavy atom. The van der Waals surface area contributed by atoms with E-state index in [1.54, 1.807) is 0 Å². The number of hydrogen-bond acceptors (Lipinski definition) is 3. The third-order valence-electron chi connectivity index (χ3n) is 3.44. The summed E-state index contributed by atoms with van der Waals surface area (Å²) >= 11 is 0. The van der Waals surface area contributed by atoms with Gasteiger partial charge in [-0.1, -0.05) is 60.7 Å². The van der Waals surface area contributed by atoms with Crippen LogP contribution < -0.4 is 0 Å². The first-order chi connectivity index (χ1) is 9.88. The van der Waals surface area contributed by atoms with Gasteiger partial charge in [0.25, 0.3) is 0 Å². The number of aldehydes is 1. The first kappa shape index (κ1) is 13.0. The monoisotopic (exact) mass is 268 g/mol. The van der Waals surface area contributed by atoms with Gasteiger partial charge in [0.2, 0.25) is 0 Å². The van der Waals surface area contributed by atoms with Crippen LogP contribution in [0.5, 0.6) is 0 Å². The van der Waals surface area contributed by atoms with Crippen LogP contribution in [0.25, 0.3) is 0 Å². The number of carbonyl (C=O) groups excluding carboxylic acids is 1. The molecule has 2 aromatic rings. The molecule has 0 N–H and O–H groups in total. The minimum Gasteiger partial charge on any atom is -0.367 e. The Hall–Kier alpha value is -1.97. The molecule has 102 valence electrons. The minimum atomic E-state index is -0.500. The molecule has 1 saturated heterocycles. The number of ether oxygens (including phenoxy) is 2. The minimum absolute atomic E-state index is 0.185. The quantitative estimate of drug-likeness (QED) is 0.802. The van der Waals surface area contributed by atoms with Gasteiger partial charge in [-0.15, -0.1) is 0 Å². The van der Waals surface area contributed by atoms with Gasteiger partial charge in [-0.3, -0.25) is 0 Å². The lowest BCUT2D eigenvalue weighted by atomic mass is 9.97. The number of rotatable bonds is 3. The van der Waals surface area contributed by atoms with E-state index in [1.165, 1.54) is 0 Å². The fraction of sp³-hybridized carbons (Fsp3) is 0.235. The van der Waals surface area contributed by atoms with E-state index in [1.807, 2.05) is 60.7 Å². The van der Waals surface area contributed by atoms with Crippen LogP contribution in [-0.2, 0) is 14.3 Å². The molecule has 1 fully saturated rings. The molecule has 0 amide bonds. The molecule has 0 saturated carbocycles. The summed E-state index contributed by atoms with van der Waals surface area (Å²) in [7, 11) is 0. The molecule has 0 bridgehead atoms. The van der Waals surface area contributed by atoms with E-state index < -0.39 is 6.10 Å². The first-order valence-corrected chi connectivity index (χ1v) is 6.71. The third-order valence-corrected chi connectivity index (χ3v) is 3.44. The lowest BCUT2D eigenvalue weighted by molar-refractivity contribution is -0.183. The Labute approximate surface area is 118 Å². The maximum Gasteiger partial charge on any atom is 0.151 e. The summed E-state index contributed by atoms with van der Waals surface area (Å²) in [4.78, 5) is 11.0. The zero-order valence-corrected chi connectivity index (χ0v) is 11.0. The predicted octanol–water partition coefficient (Wildman–Crippen LogP) is 3.08. The van der Waals surface area contributed by atoms with E-state index >= 15 is 0 Å². The van der Waals surface area contributed by atoms with E-state index in [0.717, 1.165) is 17.4 Å². The highest BCUT2D eigenvalue weighted by Crippen LogP contribution is 2.38. The van der Waals surface area contributed by atoms with Crippen molar-refractivity contribution in [1.29, 1.82) is 0 Å². The largest absolute Gasteiger partial charge is 0.367 e. The predicted molar refractivity (Wildman–Crippen MR) is 75.3 cm³/mol. The second kappa shape index (κ2) is 5.99. The zero-order chi connectivity index (χ0) is 13.8. The molecule has 0 unspecified atom stereocenters. The Morgan fingerprint density at radius 1 is 0.850 bits per heavy atom. The second-order valence-electron chi connectivity index (χ2n) is 4.81. The summed E-state index contributed by atoms with van der Waals surface area (Å²) in [6.45, 7) is 0.298. The molecule has 0 radical (unpaired) electrons. The highest BCUT2D eigenvalue weighted by atomic mass is 16.6. The number of benzene rings is 2. The zero-order valence-electron chi connectivity index (χ0n) is 11.0. The molecule has 1 aliphatic rings. The molecule has 3 heteroatoms. The normalized spacial score (nSPS) is 26.1. The van der Waals surface area contributed by atoms with Crippen molar-refractivity contribution in [3.8, 4) is 0 Å². The third kappa shape index (κ3) is 2.64. The van der Waals surface area contributed by atoms with Gasteiger partial charge in [-0.05, 0) is 11.1 Å². The highest BCUT2D eigenvalue weighted by Gasteiger charge is 2.34. The molecule has 0 aliphatic carbocycles. The molecular weight excluding hydrogens is 252 g/mol. The van der Waals surface area contributed by atoms with Gasteiger partial charge in [0.1, 0.15) is 18.3 Å². The maximum absolute atomic E-state index is 11.0. The van der Waals surface area contributed by atoms with Crippen molar-refractivity contribution in [2.75, 3.05) is 6.61 Å². The molecule has 3 rings (SSSR count). The molecule has 0 aromatic heterocycles. The fourth-order valence-electron chi connectivity index (χ4n) is 2.47. The van der Waals surface area contributed by atoms with Crippen molar-refractivity contribution in [3.63, 3.8) is 0 Å². The lowest BCUT2D eigenvalue weighted by Gasteiger charge is -2.35. The Morgan fingerprint density at radius 3 is 1.95 bits per heavy atom. The summed E-state index contributed by atoms with van der Waals surface area (Å²) < 4.78 is 11.8. The van der Waals surface area contributed by atoms with Gasteiger partial charge in [0.15, 0.2) is 6.29 Å². The van der Waals surface area contributed by atoms with Crippen molar-refractivity contribution >= 4 is 6.29 Å². The van der Waals surface area contributed by atoms with Gasteiger partial charge in [0.05, 0.1) is 6.61 Å². The van der Waals surface area contributed by atoms with Crippen molar-refractivity contribution in [2.45, 2.75) is 18.3 Å². The van der Waals surface area contributed by atoms with Crippen LogP contribution in [0, 0.1) is 0 Å². The van der Waals surface area contributed by atoms with Crippen molar-refractivity contribution in [1.82, 2.24) is 0 Å². The molecule has 2 aromatic carbocycles. The molecule has 0 spiro atoms. The number of carbonyl (C=O) groups is 1. The van der Waals surface area contributed by atoms with Crippen LogP contribution >= 0.6 is 0 Å². The smallest absolute Gasteiger partial charge is 0.151 e. The van der Waals surface area contributed by atoms with E-state index in [-0.39, 0.29) is 12.2 Å². The molecule has 3 nitrogen and oxygen atoms in total. The van der Waals surface area contributed by atoms with E-state index in [4.69, 9.17) is 9.47 Å². The Balaban J connectivity index is 1.93. The summed E-state index contributed by atoms with van der Waals surface area (Å²) in [6, 6.07) is 19.8. The van der Waals surface area contributed by atoms with Crippen molar-refractivity contribution < 1.29 is 14.3 Å². The Bertz CT molecular complexity index is 553. The molecule has 1 aliphatic heterocycles. The van der Waals surface area contributed by atoms with Gasteiger partial charge >= 0.3 is 0 Å². The SMILES string of the molecule is O=C[C@H]1CO[C@H](c2ccccc2)[C@@H](c2ccccc2)O1. The highest BCUT2D eigenvalue weighted by molar-refractivity contribution is 5.56. The van der Waals surface area contributed by atoms with Crippen LogP contribution in [0.1, 0.15) is 23.3 Å².